The van der Waals surface area contributed by atoms with Gasteiger partial charge < -0.3 is 23.8 Å². The number of piperazine rings is 1. The molecule has 1 aliphatic rings. The summed E-state index contributed by atoms with van der Waals surface area (Å²) in [5, 5.41) is 14.7. The SMILES string of the molecule is Cc1noc(C)c1COc1ccc(C(=O)OCC(=O)N2CCN(c3ccc([N+](=O)[O-])cc3)CC2)cc1. The van der Waals surface area contributed by atoms with E-state index in [0.717, 1.165) is 16.9 Å². The number of esters is 1. The number of non-ortho nitro benzene ring substituents is 1. The minimum Gasteiger partial charge on any atom is -0.489 e. The van der Waals surface area contributed by atoms with E-state index < -0.39 is 10.9 Å². The van der Waals surface area contributed by atoms with Gasteiger partial charge in [0.25, 0.3) is 11.6 Å². The van der Waals surface area contributed by atoms with Gasteiger partial charge >= 0.3 is 5.97 Å². The highest BCUT2D eigenvalue weighted by Gasteiger charge is 2.23. The van der Waals surface area contributed by atoms with Crippen molar-refractivity contribution >= 4 is 23.3 Å². The second-order valence-corrected chi connectivity index (χ2v) is 8.33. The third kappa shape index (κ3) is 5.80. The van der Waals surface area contributed by atoms with Crippen LogP contribution in [0.1, 0.15) is 27.4 Å². The van der Waals surface area contributed by atoms with Crippen molar-refractivity contribution in [2.24, 2.45) is 0 Å². The summed E-state index contributed by atoms with van der Waals surface area (Å²) in [6.07, 6.45) is 0. The van der Waals surface area contributed by atoms with Crippen molar-refractivity contribution in [2.45, 2.75) is 20.5 Å². The Balaban J connectivity index is 1.21. The van der Waals surface area contributed by atoms with Gasteiger partial charge in [0, 0.05) is 44.0 Å². The Morgan fingerprint density at radius 3 is 2.28 bits per heavy atom. The summed E-state index contributed by atoms with van der Waals surface area (Å²) in [5.74, 6) is 0.412. The van der Waals surface area contributed by atoms with Crippen molar-refractivity contribution in [3.8, 4) is 5.75 Å². The third-order valence-corrected chi connectivity index (χ3v) is 6.04. The summed E-state index contributed by atoms with van der Waals surface area (Å²) < 4.78 is 16.1. The highest BCUT2D eigenvalue weighted by atomic mass is 16.6. The highest BCUT2D eigenvalue weighted by Crippen LogP contribution is 2.21. The lowest BCUT2D eigenvalue weighted by Crippen LogP contribution is -2.49. The number of aromatic nitrogens is 1. The van der Waals surface area contributed by atoms with Crippen molar-refractivity contribution in [3.63, 3.8) is 0 Å². The zero-order valence-electron chi connectivity index (χ0n) is 20.0. The quantitative estimate of drug-likeness (QED) is 0.263. The van der Waals surface area contributed by atoms with Gasteiger partial charge in [0.05, 0.1) is 21.7 Å². The number of nitrogens with zero attached hydrogens (tertiary/aromatic N) is 4. The normalized spacial score (nSPS) is 13.4. The van der Waals surface area contributed by atoms with E-state index in [1.807, 2.05) is 13.8 Å². The van der Waals surface area contributed by atoms with Gasteiger partial charge in [0.2, 0.25) is 0 Å². The lowest BCUT2D eigenvalue weighted by Gasteiger charge is -2.36. The highest BCUT2D eigenvalue weighted by molar-refractivity contribution is 5.91. The predicted octanol–water partition coefficient (Wildman–Crippen LogP) is 3.28. The fourth-order valence-corrected chi connectivity index (χ4v) is 3.85. The molecule has 0 bridgehead atoms. The van der Waals surface area contributed by atoms with Gasteiger partial charge in [-0.05, 0) is 50.2 Å². The molecular weight excluding hydrogens is 468 g/mol. The molecule has 2 heterocycles. The number of ether oxygens (including phenoxy) is 2. The number of hydrogen-bond acceptors (Lipinski definition) is 9. The summed E-state index contributed by atoms with van der Waals surface area (Å²) >= 11 is 0. The number of carbonyl (C=O) groups is 2. The molecule has 188 valence electrons. The van der Waals surface area contributed by atoms with Gasteiger partial charge in [-0.3, -0.25) is 14.9 Å². The minimum atomic E-state index is -0.592. The van der Waals surface area contributed by atoms with E-state index in [1.165, 1.54) is 12.1 Å². The van der Waals surface area contributed by atoms with Crippen molar-refractivity contribution in [1.82, 2.24) is 10.1 Å². The summed E-state index contributed by atoms with van der Waals surface area (Å²) in [6, 6.07) is 12.8. The molecule has 1 amide bonds. The van der Waals surface area contributed by atoms with Crippen LogP contribution in [0.3, 0.4) is 0 Å². The number of carbonyl (C=O) groups excluding carboxylic acids is 2. The number of hydrogen-bond donors (Lipinski definition) is 0. The number of aryl methyl sites for hydroxylation is 2. The fourth-order valence-electron chi connectivity index (χ4n) is 3.85. The summed E-state index contributed by atoms with van der Waals surface area (Å²) in [6.45, 7) is 5.69. The smallest absolute Gasteiger partial charge is 0.338 e. The van der Waals surface area contributed by atoms with Gasteiger partial charge in [-0.25, -0.2) is 4.79 Å². The van der Waals surface area contributed by atoms with E-state index in [2.05, 4.69) is 10.1 Å². The Bertz CT molecular complexity index is 1210. The molecule has 0 saturated carbocycles. The first-order valence-electron chi connectivity index (χ1n) is 11.4. The topological polar surface area (TPSA) is 128 Å². The number of anilines is 1. The number of rotatable bonds is 8. The largest absolute Gasteiger partial charge is 0.489 e. The molecular formula is C25H26N4O7. The Kier molecular flexibility index (Phi) is 7.47. The Labute approximate surface area is 207 Å². The molecule has 0 aliphatic carbocycles. The van der Waals surface area contributed by atoms with Crippen LogP contribution in [0.15, 0.2) is 53.1 Å². The third-order valence-electron chi connectivity index (χ3n) is 6.04. The van der Waals surface area contributed by atoms with Gasteiger partial charge in [-0.15, -0.1) is 0 Å². The molecule has 11 heteroatoms. The van der Waals surface area contributed by atoms with Crippen LogP contribution in [0.25, 0.3) is 0 Å². The maximum Gasteiger partial charge on any atom is 0.338 e. The van der Waals surface area contributed by atoms with E-state index in [4.69, 9.17) is 14.0 Å². The molecule has 0 atom stereocenters. The van der Waals surface area contributed by atoms with Crippen molar-refractivity contribution < 1.29 is 28.5 Å². The van der Waals surface area contributed by atoms with Crippen LogP contribution in [-0.2, 0) is 16.1 Å². The average molecular weight is 495 g/mol. The van der Waals surface area contributed by atoms with Crippen LogP contribution in [0.2, 0.25) is 0 Å². The van der Waals surface area contributed by atoms with Crippen molar-refractivity contribution in [1.29, 1.82) is 0 Å². The number of nitro benzene ring substituents is 1. The Morgan fingerprint density at radius 2 is 1.69 bits per heavy atom. The second kappa shape index (κ2) is 10.9. The van der Waals surface area contributed by atoms with Gasteiger partial charge in [-0.1, -0.05) is 5.16 Å². The summed E-state index contributed by atoms with van der Waals surface area (Å²) in [5.41, 5.74) is 2.86. The Morgan fingerprint density at radius 1 is 1.03 bits per heavy atom. The molecule has 0 unspecified atom stereocenters. The number of benzene rings is 2. The van der Waals surface area contributed by atoms with Crippen LogP contribution in [0.4, 0.5) is 11.4 Å². The van der Waals surface area contributed by atoms with Crippen LogP contribution in [0.5, 0.6) is 5.75 Å². The Hall–Kier alpha value is -4.41. The molecule has 1 aliphatic heterocycles. The van der Waals surface area contributed by atoms with E-state index in [1.54, 1.807) is 41.3 Å². The van der Waals surface area contributed by atoms with Crippen LogP contribution in [-0.4, -0.2) is 59.6 Å². The van der Waals surface area contributed by atoms with E-state index in [-0.39, 0.29) is 18.2 Å². The molecule has 3 aromatic rings. The van der Waals surface area contributed by atoms with Crippen molar-refractivity contribution in [3.05, 3.63) is 81.2 Å². The second-order valence-electron chi connectivity index (χ2n) is 8.33. The van der Waals surface area contributed by atoms with E-state index in [0.29, 0.717) is 49.9 Å². The van der Waals surface area contributed by atoms with Crippen LogP contribution in [0, 0.1) is 24.0 Å². The average Bonchev–Trinajstić information content (AvgIpc) is 3.23. The molecule has 1 saturated heterocycles. The molecule has 0 radical (unpaired) electrons. The van der Waals surface area contributed by atoms with Crippen LogP contribution < -0.4 is 9.64 Å². The monoisotopic (exact) mass is 494 g/mol. The molecule has 36 heavy (non-hydrogen) atoms. The lowest BCUT2D eigenvalue weighted by molar-refractivity contribution is -0.384. The minimum absolute atomic E-state index is 0.0357. The van der Waals surface area contributed by atoms with Crippen LogP contribution >= 0.6 is 0 Å². The molecule has 4 rings (SSSR count). The van der Waals surface area contributed by atoms with Gasteiger partial charge in [0.15, 0.2) is 6.61 Å². The molecule has 0 spiro atoms. The predicted molar refractivity (Wildman–Crippen MR) is 129 cm³/mol. The number of nitro groups is 1. The lowest BCUT2D eigenvalue weighted by atomic mass is 10.2. The fraction of sp³-hybridized carbons (Fsp3) is 0.320. The van der Waals surface area contributed by atoms with E-state index in [9.17, 15) is 19.7 Å². The maximum absolute atomic E-state index is 12.5. The zero-order chi connectivity index (χ0) is 25.7. The van der Waals surface area contributed by atoms with E-state index >= 15 is 0 Å². The first-order chi connectivity index (χ1) is 17.3. The zero-order valence-corrected chi connectivity index (χ0v) is 20.0. The van der Waals surface area contributed by atoms with Crippen molar-refractivity contribution in [2.75, 3.05) is 37.7 Å². The molecule has 2 aromatic carbocycles. The molecule has 1 aromatic heterocycles. The van der Waals surface area contributed by atoms with Gasteiger partial charge in [-0.2, -0.15) is 0 Å². The van der Waals surface area contributed by atoms with Gasteiger partial charge in [0.1, 0.15) is 18.1 Å². The molecule has 11 nitrogen and oxygen atoms in total. The number of amides is 1. The standard InChI is InChI=1S/C25H26N4O7/c1-17-23(18(2)36-26-17)15-34-22-9-3-19(4-10-22)25(31)35-16-24(30)28-13-11-27(12-14-28)20-5-7-21(8-6-20)29(32)33/h3-10H,11-16H2,1-2H3. The molecule has 1 fully saturated rings. The molecule has 0 N–H and O–H groups in total. The maximum atomic E-state index is 12.5. The first-order valence-corrected chi connectivity index (χ1v) is 11.4. The summed E-state index contributed by atoms with van der Waals surface area (Å²) in [4.78, 5) is 39.0. The first kappa shape index (κ1) is 24.7. The summed E-state index contributed by atoms with van der Waals surface area (Å²) in [7, 11) is 0.